The molecule has 0 aliphatic carbocycles. The fourth-order valence-corrected chi connectivity index (χ4v) is 3.62. The predicted molar refractivity (Wildman–Crippen MR) is 96.8 cm³/mol. The summed E-state index contributed by atoms with van der Waals surface area (Å²) in [6.45, 7) is 2.78. The van der Waals surface area contributed by atoms with Crippen LogP contribution in [0.5, 0.6) is 0 Å². The molecule has 0 unspecified atom stereocenters. The number of nitrogens with zero attached hydrogens (tertiary/aromatic N) is 4. The molecular formula is C17H17F2N5S. The van der Waals surface area contributed by atoms with Crippen molar-refractivity contribution in [3.8, 4) is 0 Å². The second kappa shape index (κ2) is 6.53. The molecule has 25 heavy (non-hydrogen) atoms. The lowest BCUT2D eigenvalue weighted by atomic mass is 10.2. The maximum absolute atomic E-state index is 14.5. The van der Waals surface area contributed by atoms with Crippen LogP contribution >= 0.6 is 11.3 Å². The Morgan fingerprint density at radius 1 is 1.12 bits per heavy atom. The Balaban J connectivity index is 1.58. The first-order chi connectivity index (χ1) is 12.1. The molecule has 1 saturated heterocycles. The van der Waals surface area contributed by atoms with Crippen LogP contribution in [0.2, 0.25) is 0 Å². The molecule has 0 radical (unpaired) electrons. The number of fused-ring (bicyclic) bond motifs is 1. The van der Waals surface area contributed by atoms with Gasteiger partial charge < -0.3 is 15.1 Å². The maximum Gasteiger partial charge on any atom is 0.227 e. The number of likely N-dealkylation sites (N-methyl/N-ethyl adjacent to an activating group) is 1. The van der Waals surface area contributed by atoms with Crippen molar-refractivity contribution in [3.63, 3.8) is 0 Å². The number of benzene rings is 1. The Kier molecular flexibility index (Phi) is 4.22. The third-order valence-corrected chi connectivity index (χ3v) is 5.14. The molecule has 0 spiro atoms. The number of thiophene rings is 1. The van der Waals surface area contributed by atoms with Crippen LogP contribution in [0, 0.1) is 11.6 Å². The van der Waals surface area contributed by atoms with E-state index in [0.29, 0.717) is 24.7 Å². The third-order valence-electron chi connectivity index (χ3n) is 4.30. The molecule has 4 rings (SSSR count). The van der Waals surface area contributed by atoms with Crippen LogP contribution in [-0.2, 0) is 0 Å². The van der Waals surface area contributed by atoms with E-state index in [1.165, 1.54) is 12.1 Å². The van der Waals surface area contributed by atoms with Crippen LogP contribution in [0.3, 0.4) is 0 Å². The average molecular weight is 361 g/mol. The molecular weight excluding hydrogens is 344 g/mol. The number of rotatable bonds is 3. The monoisotopic (exact) mass is 361 g/mol. The predicted octanol–water partition coefficient (Wildman–Crippen LogP) is 3.46. The van der Waals surface area contributed by atoms with Gasteiger partial charge in [0.1, 0.15) is 5.69 Å². The molecule has 1 aromatic carbocycles. The molecule has 3 heterocycles. The zero-order valence-corrected chi connectivity index (χ0v) is 14.5. The number of hydrogen-bond donors (Lipinski definition) is 1. The van der Waals surface area contributed by atoms with Gasteiger partial charge in [-0.05, 0) is 30.6 Å². The summed E-state index contributed by atoms with van der Waals surface area (Å²) in [6, 6.07) is 4.46. The van der Waals surface area contributed by atoms with Crippen molar-refractivity contribution in [1.82, 2.24) is 14.9 Å². The number of halogens is 2. The number of nitrogens with one attached hydrogen (secondary N) is 1. The minimum absolute atomic E-state index is 0.0351. The van der Waals surface area contributed by atoms with E-state index in [-0.39, 0.29) is 5.69 Å². The highest BCUT2D eigenvalue weighted by Crippen LogP contribution is 2.29. The van der Waals surface area contributed by atoms with E-state index >= 15 is 0 Å². The molecule has 1 aliphatic rings. The van der Waals surface area contributed by atoms with E-state index in [4.69, 9.17) is 0 Å². The molecule has 1 aliphatic heterocycles. The molecule has 3 aromatic rings. The Morgan fingerprint density at radius 2 is 1.84 bits per heavy atom. The molecule has 0 amide bonds. The summed E-state index contributed by atoms with van der Waals surface area (Å²) in [6.07, 6.45) is 1.70. The number of piperazine rings is 1. The Labute approximate surface area is 147 Å². The van der Waals surface area contributed by atoms with Gasteiger partial charge in [0, 0.05) is 31.9 Å². The van der Waals surface area contributed by atoms with Crippen LogP contribution in [0.15, 0.2) is 29.8 Å². The lowest BCUT2D eigenvalue weighted by molar-refractivity contribution is 0.310. The van der Waals surface area contributed by atoms with Crippen molar-refractivity contribution >= 4 is 38.9 Å². The number of anilines is 3. The van der Waals surface area contributed by atoms with E-state index in [2.05, 4.69) is 20.2 Å². The number of hydrogen-bond acceptors (Lipinski definition) is 6. The molecule has 0 atom stereocenters. The van der Waals surface area contributed by atoms with E-state index in [1.807, 2.05) is 18.5 Å². The molecule has 5 nitrogen and oxygen atoms in total. The van der Waals surface area contributed by atoms with Crippen molar-refractivity contribution in [2.24, 2.45) is 0 Å². The molecule has 1 N–H and O–H groups in total. The van der Waals surface area contributed by atoms with Gasteiger partial charge in [0.25, 0.3) is 0 Å². The van der Waals surface area contributed by atoms with Crippen LogP contribution in [0.4, 0.5) is 26.1 Å². The fraction of sp³-hybridized carbons (Fsp3) is 0.294. The molecule has 2 aromatic heterocycles. The van der Waals surface area contributed by atoms with Crippen molar-refractivity contribution in [2.45, 2.75) is 0 Å². The summed E-state index contributed by atoms with van der Waals surface area (Å²) >= 11 is 1.54. The summed E-state index contributed by atoms with van der Waals surface area (Å²) in [5, 5.41) is 4.80. The molecule has 130 valence electrons. The average Bonchev–Trinajstić information content (AvgIpc) is 3.04. The number of aromatic nitrogens is 2. The van der Waals surface area contributed by atoms with E-state index in [9.17, 15) is 8.78 Å². The summed E-state index contributed by atoms with van der Waals surface area (Å²) < 4.78 is 30.0. The van der Waals surface area contributed by atoms with E-state index in [1.54, 1.807) is 22.4 Å². The first-order valence-corrected chi connectivity index (χ1v) is 8.88. The van der Waals surface area contributed by atoms with Crippen LogP contribution < -0.4 is 10.2 Å². The maximum atomic E-state index is 14.5. The quantitative estimate of drug-likeness (QED) is 0.774. The zero-order valence-electron chi connectivity index (χ0n) is 13.7. The standard InChI is InChI=1S/C17H17F2N5S/c1-23-3-5-24(6-4-23)16-12(18)8-11(9-13(16)19)21-17-20-10-15-14(22-17)2-7-25-15/h2,7-10H,3-6H2,1H3,(H,20,21,22). The lowest BCUT2D eigenvalue weighted by Crippen LogP contribution is -2.45. The zero-order chi connectivity index (χ0) is 17.4. The summed E-state index contributed by atoms with van der Waals surface area (Å²) in [5.74, 6) is -0.843. The van der Waals surface area contributed by atoms with Crippen molar-refractivity contribution < 1.29 is 8.78 Å². The lowest BCUT2D eigenvalue weighted by Gasteiger charge is -2.34. The van der Waals surface area contributed by atoms with Crippen LogP contribution in [0.25, 0.3) is 10.2 Å². The van der Waals surface area contributed by atoms with Crippen molar-refractivity contribution in [1.29, 1.82) is 0 Å². The summed E-state index contributed by atoms with van der Waals surface area (Å²) in [5.41, 5.74) is 1.13. The molecule has 1 fully saturated rings. The topological polar surface area (TPSA) is 44.3 Å². The second-order valence-electron chi connectivity index (χ2n) is 6.07. The molecule has 0 saturated carbocycles. The van der Waals surface area contributed by atoms with Gasteiger partial charge in [0.05, 0.1) is 16.4 Å². The van der Waals surface area contributed by atoms with Gasteiger partial charge >= 0.3 is 0 Å². The largest absolute Gasteiger partial charge is 0.364 e. The molecule has 8 heteroatoms. The summed E-state index contributed by atoms with van der Waals surface area (Å²) in [4.78, 5) is 12.4. The highest BCUT2D eigenvalue weighted by atomic mass is 32.1. The Hall–Kier alpha value is -2.32. The van der Waals surface area contributed by atoms with Gasteiger partial charge in [0.15, 0.2) is 11.6 Å². The first kappa shape index (κ1) is 16.2. The van der Waals surface area contributed by atoms with Gasteiger partial charge in [0.2, 0.25) is 5.95 Å². The van der Waals surface area contributed by atoms with Gasteiger partial charge in [-0.15, -0.1) is 11.3 Å². The van der Waals surface area contributed by atoms with Crippen molar-refractivity contribution in [2.75, 3.05) is 43.4 Å². The van der Waals surface area contributed by atoms with Crippen molar-refractivity contribution in [3.05, 3.63) is 41.4 Å². The Morgan fingerprint density at radius 3 is 2.56 bits per heavy atom. The smallest absolute Gasteiger partial charge is 0.227 e. The normalized spacial score (nSPS) is 15.7. The minimum Gasteiger partial charge on any atom is -0.364 e. The first-order valence-electron chi connectivity index (χ1n) is 8.00. The van der Waals surface area contributed by atoms with E-state index in [0.717, 1.165) is 23.3 Å². The SMILES string of the molecule is CN1CCN(c2c(F)cc(Nc3ncc4sccc4n3)cc2F)CC1. The van der Waals surface area contributed by atoms with Gasteiger partial charge in [-0.25, -0.2) is 18.7 Å². The van der Waals surface area contributed by atoms with Gasteiger partial charge in [-0.2, -0.15) is 0 Å². The second-order valence-corrected chi connectivity index (χ2v) is 7.02. The molecule has 0 bridgehead atoms. The van der Waals surface area contributed by atoms with Gasteiger partial charge in [-0.3, -0.25) is 0 Å². The third kappa shape index (κ3) is 3.27. The van der Waals surface area contributed by atoms with Crippen LogP contribution in [-0.4, -0.2) is 48.1 Å². The highest BCUT2D eigenvalue weighted by Gasteiger charge is 2.21. The van der Waals surface area contributed by atoms with E-state index < -0.39 is 11.6 Å². The Bertz CT molecular complexity index is 882. The van der Waals surface area contributed by atoms with Gasteiger partial charge in [-0.1, -0.05) is 0 Å². The fourth-order valence-electron chi connectivity index (χ4n) is 2.93. The summed E-state index contributed by atoms with van der Waals surface area (Å²) in [7, 11) is 2.00. The highest BCUT2D eigenvalue weighted by molar-refractivity contribution is 7.17. The minimum atomic E-state index is -0.580. The van der Waals surface area contributed by atoms with Crippen LogP contribution in [0.1, 0.15) is 0 Å².